The average molecular weight is 386 g/mol. The van der Waals surface area contributed by atoms with Crippen LogP contribution in [0.25, 0.3) is 22.1 Å². The number of carbonyl (C=O) groups is 1. The van der Waals surface area contributed by atoms with Crippen molar-refractivity contribution in [2.45, 2.75) is 6.92 Å². The van der Waals surface area contributed by atoms with Crippen LogP contribution in [0.4, 0.5) is 0 Å². The summed E-state index contributed by atoms with van der Waals surface area (Å²) in [4.78, 5) is 25.5. The van der Waals surface area contributed by atoms with Gasteiger partial charge in [-0.05, 0) is 36.8 Å². The first-order valence-corrected chi connectivity index (χ1v) is 9.06. The zero-order valence-electron chi connectivity index (χ0n) is 16.0. The second-order valence-corrected chi connectivity index (χ2v) is 6.48. The molecule has 1 aromatic heterocycles. The Morgan fingerprint density at radius 3 is 2.41 bits per heavy atom. The van der Waals surface area contributed by atoms with Gasteiger partial charge in [0.05, 0.1) is 18.1 Å². The zero-order chi connectivity index (χ0) is 20.4. The maximum Gasteiger partial charge on any atom is 0.347 e. The minimum atomic E-state index is -0.554. The Morgan fingerprint density at radius 1 is 0.931 bits per heavy atom. The molecule has 0 saturated heterocycles. The fourth-order valence-electron chi connectivity index (χ4n) is 3.26. The van der Waals surface area contributed by atoms with E-state index in [2.05, 4.69) is 0 Å². The number of hydrogen-bond acceptors (Lipinski definition) is 5. The maximum atomic E-state index is 13.0. The molecule has 4 aromatic rings. The lowest BCUT2D eigenvalue weighted by atomic mass is 10.0. The minimum absolute atomic E-state index is 0.127. The molecule has 0 saturated carbocycles. The van der Waals surface area contributed by atoms with Crippen molar-refractivity contribution in [1.29, 1.82) is 0 Å². The highest BCUT2D eigenvalue weighted by atomic mass is 16.5. The molecule has 5 nitrogen and oxygen atoms in total. The van der Waals surface area contributed by atoms with Crippen LogP contribution in [0.2, 0.25) is 0 Å². The maximum absolute atomic E-state index is 13.0. The molecule has 0 atom stereocenters. The molecule has 4 rings (SSSR count). The topological polar surface area (TPSA) is 65.7 Å². The lowest BCUT2D eigenvalue weighted by molar-refractivity contribution is 0.0731. The van der Waals surface area contributed by atoms with Crippen molar-refractivity contribution in [2.75, 3.05) is 7.11 Å². The summed E-state index contributed by atoms with van der Waals surface area (Å²) in [5.74, 6) is 0.653. The molecule has 5 heteroatoms. The number of methoxy groups -OCH3 is 1. The van der Waals surface area contributed by atoms with Gasteiger partial charge in [0.1, 0.15) is 28.4 Å². The van der Waals surface area contributed by atoms with Crippen molar-refractivity contribution in [3.63, 3.8) is 0 Å². The van der Waals surface area contributed by atoms with Crippen LogP contribution in [0, 0.1) is 6.92 Å². The van der Waals surface area contributed by atoms with Crippen LogP contribution in [0.5, 0.6) is 11.5 Å². The van der Waals surface area contributed by atoms with E-state index in [1.807, 2.05) is 30.3 Å². The van der Waals surface area contributed by atoms with Crippen molar-refractivity contribution in [2.24, 2.45) is 0 Å². The summed E-state index contributed by atoms with van der Waals surface area (Å²) in [5, 5.41) is 0.423. The van der Waals surface area contributed by atoms with E-state index in [9.17, 15) is 9.59 Å². The molecule has 29 heavy (non-hydrogen) atoms. The van der Waals surface area contributed by atoms with Gasteiger partial charge in [-0.1, -0.05) is 42.5 Å². The van der Waals surface area contributed by atoms with E-state index in [1.54, 1.807) is 49.4 Å². The Bertz CT molecular complexity index is 1260. The average Bonchev–Trinajstić information content (AvgIpc) is 2.74. The summed E-state index contributed by atoms with van der Waals surface area (Å²) >= 11 is 0. The fourth-order valence-corrected chi connectivity index (χ4v) is 3.26. The van der Waals surface area contributed by atoms with Gasteiger partial charge in [-0.25, -0.2) is 4.79 Å². The Kier molecular flexibility index (Phi) is 4.87. The van der Waals surface area contributed by atoms with E-state index < -0.39 is 5.97 Å². The number of benzene rings is 3. The molecule has 3 aromatic carbocycles. The summed E-state index contributed by atoms with van der Waals surface area (Å²) in [6.45, 7) is 1.75. The van der Waals surface area contributed by atoms with Crippen molar-refractivity contribution in [3.8, 4) is 22.6 Å². The molecular formula is C24H18O5. The second kappa shape index (κ2) is 7.64. The SMILES string of the molecule is COc1ccccc1C(=O)Oc1ccc2c(=O)c(-c3ccccc3)c(C)oc2c1. The largest absolute Gasteiger partial charge is 0.496 e. The molecule has 0 N–H and O–H groups in total. The third kappa shape index (κ3) is 3.50. The number of carbonyl (C=O) groups excluding carboxylic acids is 1. The van der Waals surface area contributed by atoms with Gasteiger partial charge in [0, 0.05) is 6.07 Å². The van der Waals surface area contributed by atoms with Gasteiger partial charge >= 0.3 is 5.97 Å². The standard InChI is InChI=1S/C24H18O5/c1-15-22(16-8-4-3-5-9-16)23(25)18-13-12-17(14-21(18)28-15)29-24(26)19-10-6-7-11-20(19)27-2/h3-14H,1-2H3. The van der Waals surface area contributed by atoms with Crippen LogP contribution in [-0.4, -0.2) is 13.1 Å². The Hall–Kier alpha value is -3.86. The molecule has 144 valence electrons. The Labute approximate surface area is 167 Å². The van der Waals surface area contributed by atoms with Crippen molar-refractivity contribution in [3.05, 3.63) is 94.3 Å². The van der Waals surface area contributed by atoms with Gasteiger partial charge in [0.25, 0.3) is 0 Å². The first kappa shape index (κ1) is 18.5. The summed E-state index contributed by atoms with van der Waals surface area (Å²) in [6.07, 6.45) is 0. The number of para-hydroxylation sites is 1. The second-order valence-electron chi connectivity index (χ2n) is 6.48. The summed E-state index contributed by atoms with van der Waals surface area (Å²) in [7, 11) is 1.49. The first-order valence-electron chi connectivity index (χ1n) is 9.06. The van der Waals surface area contributed by atoms with Crippen LogP contribution in [0.1, 0.15) is 16.1 Å². The van der Waals surface area contributed by atoms with E-state index >= 15 is 0 Å². The number of hydrogen-bond donors (Lipinski definition) is 0. The predicted octanol–water partition coefficient (Wildman–Crippen LogP) is 5.00. The fraction of sp³-hybridized carbons (Fsp3) is 0.0833. The molecule has 0 spiro atoms. The highest BCUT2D eigenvalue weighted by Gasteiger charge is 2.17. The monoisotopic (exact) mass is 386 g/mol. The molecule has 0 bridgehead atoms. The summed E-state index contributed by atoms with van der Waals surface area (Å²) < 4.78 is 16.5. The van der Waals surface area contributed by atoms with Crippen LogP contribution >= 0.6 is 0 Å². The molecule has 0 amide bonds. The quantitative estimate of drug-likeness (QED) is 0.365. The lowest BCUT2D eigenvalue weighted by Crippen LogP contribution is -2.11. The van der Waals surface area contributed by atoms with E-state index in [4.69, 9.17) is 13.9 Å². The number of fused-ring (bicyclic) bond motifs is 1. The Balaban J connectivity index is 1.72. The molecule has 0 fully saturated rings. The predicted molar refractivity (Wildman–Crippen MR) is 111 cm³/mol. The van der Waals surface area contributed by atoms with Gasteiger partial charge in [-0.3, -0.25) is 4.79 Å². The number of esters is 1. The smallest absolute Gasteiger partial charge is 0.347 e. The number of aryl methyl sites for hydroxylation is 1. The number of ether oxygens (including phenoxy) is 2. The molecule has 0 radical (unpaired) electrons. The molecule has 1 heterocycles. The van der Waals surface area contributed by atoms with E-state index in [0.717, 1.165) is 5.56 Å². The third-order valence-corrected chi connectivity index (χ3v) is 4.64. The zero-order valence-corrected chi connectivity index (χ0v) is 16.0. The van der Waals surface area contributed by atoms with Gasteiger partial charge < -0.3 is 13.9 Å². The molecule has 0 aliphatic carbocycles. The molecule has 0 aliphatic heterocycles. The van der Waals surface area contributed by atoms with E-state index in [0.29, 0.717) is 33.6 Å². The lowest BCUT2D eigenvalue weighted by Gasteiger charge is -2.10. The molecular weight excluding hydrogens is 368 g/mol. The van der Waals surface area contributed by atoms with Crippen molar-refractivity contribution < 1.29 is 18.7 Å². The summed E-state index contributed by atoms with van der Waals surface area (Å²) in [6, 6.07) is 20.9. The van der Waals surface area contributed by atoms with Crippen molar-refractivity contribution in [1.82, 2.24) is 0 Å². The van der Waals surface area contributed by atoms with Gasteiger partial charge in [-0.15, -0.1) is 0 Å². The van der Waals surface area contributed by atoms with E-state index in [-0.39, 0.29) is 11.2 Å². The van der Waals surface area contributed by atoms with Gasteiger partial charge in [0.15, 0.2) is 0 Å². The Morgan fingerprint density at radius 2 is 1.66 bits per heavy atom. The van der Waals surface area contributed by atoms with Crippen LogP contribution in [0.3, 0.4) is 0 Å². The summed E-state index contributed by atoms with van der Waals surface area (Å²) in [5.41, 5.74) is 1.87. The third-order valence-electron chi connectivity index (χ3n) is 4.64. The molecule has 0 unspecified atom stereocenters. The van der Waals surface area contributed by atoms with Crippen LogP contribution < -0.4 is 14.9 Å². The van der Waals surface area contributed by atoms with Gasteiger partial charge in [-0.2, -0.15) is 0 Å². The normalized spacial score (nSPS) is 10.7. The van der Waals surface area contributed by atoms with Gasteiger partial charge in [0.2, 0.25) is 5.43 Å². The highest BCUT2D eigenvalue weighted by Crippen LogP contribution is 2.27. The number of rotatable bonds is 4. The van der Waals surface area contributed by atoms with Crippen LogP contribution in [0.15, 0.2) is 82.0 Å². The minimum Gasteiger partial charge on any atom is -0.496 e. The first-order chi connectivity index (χ1) is 14.1. The van der Waals surface area contributed by atoms with E-state index in [1.165, 1.54) is 7.11 Å². The van der Waals surface area contributed by atoms with Crippen LogP contribution in [-0.2, 0) is 0 Å². The molecule has 0 aliphatic rings. The van der Waals surface area contributed by atoms with Crippen molar-refractivity contribution >= 4 is 16.9 Å². The highest BCUT2D eigenvalue weighted by molar-refractivity contribution is 5.94.